The van der Waals surface area contributed by atoms with Crippen LogP contribution in [0.15, 0.2) is 83.2 Å². The summed E-state index contributed by atoms with van der Waals surface area (Å²) < 4.78 is 7.57. The molecule has 0 aliphatic carbocycles. The number of para-hydroxylation sites is 2. The van der Waals surface area contributed by atoms with Crippen molar-refractivity contribution in [2.24, 2.45) is 0 Å². The fourth-order valence-corrected chi connectivity index (χ4v) is 5.63. The summed E-state index contributed by atoms with van der Waals surface area (Å²) in [6, 6.07) is 25.5. The highest BCUT2D eigenvalue weighted by Gasteiger charge is 2.27. The van der Waals surface area contributed by atoms with Crippen LogP contribution in [0.2, 0.25) is 0 Å². The Morgan fingerprint density at radius 2 is 1.65 bits per heavy atom. The van der Waals surface area contributed by atoms with Gasteiger partial charge in [0.15, 0.2) is 4.34 Å². The molecule has 0 saturated carbocycles. The monoisotopic (exact) mass is 448 g/mol. The molecule has 4 aromatic rings. The van der Waals surface area contributed by atoms with Crippen LogP contribution in [0.5, 0.6) is 5.75 Å². The van der Waals surface area contributed by atoms with E-state index in [0.29, 0.717) is 13.0 Å². The smallest absolute Gasteiger partial charge is 0.245 e. The van der Waals surface area contributed by atoms with E-state index < -0.39 is 0 Å². The highest BCUT2D eigenvalue weighted by atomic mass is 32.2. The Balaban J connectivity index is 1.62. The van der Waals surface area contributed by atoms with E-state index in [4.69, 9.17) is 9.72 Å². The van der Waals surface area contributed by atoms with Crippen LogP contribution >= 0.6 is 23.1 Å². The molecule has 0 saturated heterocycles. The first-order valence-electron chi connectivity index (χ1n) is 10.3. The van der Waals surface area contributed by atoms with E-state index in [1.807, 2.05) is 97.6 Å². The summed E-state index contributed by atoms with van der Waals surface area (Å²) in [5.74, 6) is 0.900. The average Bonchev–Trinajstić information content (AvgIpc) is 3.21. The molecule has 6 heteroatoms. The number of nitrogens with zero attached hydrogens (tertiary/aromatic N) is 2. The minimum Gasteiger partial charge on any atom is -0.494 e. The minimum atomic E-state index is -0.243. The molecule has 3 aromatic carbocycles. The topological polar surface area (TPSA) is 42.4 Å². The molecule has 0 aliphatic rings. The summed E-state index contributed by atoms with van der Waals surface area (Å²) in [5, 5.41) is -0.243. The molecule has 1 aromatic heterocycles. The SMILES string of the molecule is CCOc1ccc2nc(SC(CC)C(=O)N(c3ccccc3)c3ccccc3)sc2c1. The van der Waals surface area contributed by atoms with E-state index >= 15 is 0 Å². The zero-order valence-electron chi connectivity index (χ0n) is 17.5. The van der Waals surface area contributed by atoms with Crippen LogP contribution in [0.3, 0.4) is 0 Å². The van der Waals surface area contributed by atoms with Crippen molar-refractivity contribution in [2.45, 2.75) is 29.9 Å². The van der Waals surface area contributed by atoms with Gasteiger partial charge in [-0.05, 0) is 55.8 Å². The number of benzene rings is 3. The molecule has 0 N–H and O–H groups in total. The number of anilines is 2. The number of hydrogen-bond donors (Lipinski definition) is 0. The molecule has 1 atom stereocenters. The highest BCUT2D eigenvalue weighted by molar-refractivity contribution is 8.02. The van der Waals surface area contributed by atoms with Gasteiger partial charge in [0.05, 0.1) is 22.1 Å². The van der Waals surface area contributed by atoms with Crippen LogP contribution in [0.4, 0.5) is 11.4 Å². The van der Waals surface area contributed by atoms with Crippen LogP contribution in [0.1, 0.15) is 20.3 Å². The first-order chi connectivity index (χ1) is 15.2. The Morgan fingerprint density at radius 3 is 2.23 bits per heavy atom. The number of amides is 1. The summed E-state index contributed by atoms with van der Waals surface area (Å²) in [6.45, 7) is 4.65. The Bertz CT molecular complexity index is 1110. The number of hydrogen-bond acceptors (Lipinski definition) is 5. The molecular formula is C25H24N2O2S2. The van der Waals surface area contributed by atoms with E-state index in [0.717, 1.165) is 31.7 Å². The maximum absolute atomic E-state index is 13.7. The largest absolute Gasteiger partial charge is 0.494 e. The van der Waals surface area contributed by atoms with E-state index in [2.05, 4.69) is 0 Å². The Labute approximate surface area is 190 Å². The molecule has 0 radical (unpaired) electrons. The van der Waals surface area contributed by atoms with Crippen molar-refractivity contribution in [3.63, 3.8) is 0 Å². The first kappa shape index (κ1) is 21.4. The van der Waals surface area contributed by atoms with E-state index in [-0.39, 0.29) is 11.2 Å². The number of aromatic nitrogens is 1. The van der Waals surface area contributed by atoms with Gasteiger partial charge in [-0.2, -0.15) is 0 Å². The maximum atomic E-state index is 13.7. The minimum absolute atomic E-state index is 0.0548. The lowest BCUT2D eigenvalue weighted by atomic mass is 10.2. The molecule has 1 heterocycles. The van der Waals surface area contributed by atoms with Crippen LogP contribution in [-0.4, -0.2) is 22.7 Å². The lowest BCUT2D eigenvalue weighted by Gasteiger charge is -2.26. The number of thioether (sulfide) groups is 1. The number of fused-ring (bicyclic) bond motifs is 1. The summed E-state index contributed by atoms with van der Waals surface area (Å²) in [4.78, 5) is 20.2. The van der Waals surface area contributed by atoms with E-state index in [1.165, 1.54) is 11.8 Å². The predicted molar refractivity (Wildman–Crippen MR) is 131 cm³/mol. The molecule has 158 valence electrons. The zero-order chi connectivity index (χ0) is 21.6. The average molecular weight is 449 g/mol. The normalized spacial score (nSPS) is 11.9. The molecule has 0 fully saturated rings. The molecule has 1 unspecified atom stereocenters. The zero-order valence-corrected chi connectivity index (χ0v) is 19.2. The van der Waals surface area contributed by atoms with Gasteiger partial charge in [0, 0.05) is 11.4 Å². The van der Waals surface area contributed by atoms with Crippen LogP contribution < -0.4 is 9.64 Å². The molecule has 0 bridgehead atoms. The fourth-order valence-electron chi connectivity index (χ4n) is 3.32. The Kier molecular flexibility index (Phi) is 6.89. The van der Waals surface area contributed by atoms with Crippen molar-refractivity contribution >= 4 is 50.6 Å². The van der Waals surface area contributed by atoms with Gasteiger partial charge in [-0.25, -0.2) is 4.98 Å². The first-order valence-corrected chi connectivity index (χ1v) is 12.0. The summed E-state index contributed by atoms with van der Waals surface area (Å²) in [5.41, 5.74) is 2.66. The van der Waals surface area contributed by atoms with Gasteiger partial charge >= 0.3 is 0 Å². The van der Waals surface area contributed by atoms with Gasteiger partial charge in [-0.3, -0.25) is 9.69 Å². The van der Waals surface area contributed by atoms with E-state index in [9.17, 15) is 4.79 Å². The quantitative estimate of drug-likeness (QED) is 0.274. The molecular weight excluding hydrogens is 424 g/mol. The summed E-state index contributed by atoms with van der Waals surface area (Å²) in [7, 11) is 0. The van der Waals surface area contributed by atoms with Crippen molar-refractivity contribution in [3.8, 4) is 5.75 Å². The van der Waals surface area contributed by atoms with Crippen LogP contribution in [-0.2, 0) is 4.79 Å². The number of carbonyl (C=O) groups is 1. The Hall–Kier alpha value is -2.83. The number of thiazole rings is 1. The molecule has 4 nitrogen and oxygen atoms in total. The third kappa shape index (κ3) is 4.92. The van der Waals surface area contributed by atoms with Gasteiger partial charge in [-0.1, -0.05) is 55.1 Å². The molecule has 1 amide bonds. The van der Waals surface area contributed by atoms with E-state index in [1.54, 1.807) is 11.3 Å². The second-order valence-electron chi connectivity index (χ2n) is 6.90. The van der Waals surface area contributed by atoms with Gasteiger partial charge in [-0.15, -0.1) is 11.3 Å². The lowest BCUT2D eigenvalue weighted by Crippen LogP contribution is -2.34. The standard InChI is InChI=1S/C25H24N2O2S2/c1-3-22(30-25-26-21-16-15-20(29-4-2)17-23(21)31-25)24(28)27(18-11-7-5-8-12-18)19-13-9-6-10-14-19/h5-17,22H,3-4H2,1-2H3. The second kappa shape index (κ2) is 9.98. The van der Waals surface area contributed by atoms with Crippen molar-refractivity contribution in [1.82, 2.24) is 4.98 Å². The van der Waals surface area contributed by atoms with Crippen molar-refractivity contribution < 1.29 is 9.53 Å². The van der Waals surface area contributed by atoms with Gasteiger partial charge in [0.25, 0.3) is 0 Å². The summed E-state index contributed by atoms with van der Waals surface area (Å²) in [6.07, 6.45) is 0.708. The number of ether oxygens (including phenoxy) is 1. The molecule has 31 heavy (non-hydrogen) atoms. The fraction of sp³-hybridized carbons (Fsp3) is 0.200. The van der Waals surface area contributed by atoms with Crippen LogP contribution in [0, 0.1) is 0 Å². The highest BCUT2D eigenvalue weighted by Crippen LogP contribution is 2.37. The third-order valence-corrected chi connectivity index (χ3v) is 7.25. The summed E-state index contributed by atoms with van der Waals surface area (Å²) >= 11 is 3.14. The molecule has 0 spiro atoms. The van der Waals surface area contributed by atoms with Crippen molar-refractivity contribution in [3.05, 3.63) is 78.9 Å². The van der Waals surface area contributed by atoms with Gasteiger partial charge < -0.3 is 4.74 Å². The lowest BCUT2D eigenvalue weighted by molar-refractivity contribution is -0.117. The van der Waals surface area contributed by atoms with Crippen LogP contribution in [0.25, 0.3) is 10.2 Å². The maximum Gasteiger partial charge on any atom is 0.245 e. The van der Waals surface area contributed by atoms with Gasteiger partial charge in [0.1, 0.15) is 5.75 Å². The number of rotatable bonds is 8. The second-order valence-corrected chi connectivity index (χ2v) is 9.38. The third-order valence-electron chi connectivity index (χ3n) is 4.79. The Morgan fingerprint density at radius 1 is 1.00 bits per heavy atom. The van der Waals surface area contributed by atoms with Crippen molar-refractivity contribution in [1.29, 1.82) is 0 Å². The van der Waals surface area contributed by atoms with Gasteiger partial charge in [0.2, 0.25) is 5.91 Å². The number of carbonyl (C=O) groups excluding carboxylic acids is 1. The predicted octanol–water partition coefficient (Wildman–Crippen LogP) is 6.93. The van der Waals surface area contributed by atoms with Crippen molar-refractivity contribution in [2.75, 3.05) is 11.5 Å². The molecule has 4 rings (SSSR count). The molecule has 0 aliphatic heterocycles.